The van der Waals surface area contributed by atoms with Gasteiger partial charge in [-0.1, -0.05) is 19.8 Å². The Kier molecular flexibility index (Phi) is 4.05. The van der Waals surface area contributed by atoms with Crippen LogP contribution in [0.5, 0.6) is 0 Å². The van der Waals surface area contributed by atoms with Crippen molar-refractivity contribution in [2.45, 2.75) is 45.1 Å². The first-order valence-corrected chi connectivity index (χ1v) is 6.48. The van der Waals surface area contributed by atoms with Crippen molar-refractivity contribution in [3.8, 4) is 0 Å². The summed E-state index contributed by atoms with van der Waals surface area (Å²) >= 11 is 0. The number of furan rings is 1. The Morgan fingerprint density at radius 2 is 2.38 bits per heavy atom. The summed E-state index contributed by atoms with van der Waals surface area (Å²) in [7, 11) is 2.09. The van der Waals surface area contributed by atoms with E-state index in [9.17, 15) is 0 Å². The Bertz CT molecular complexity index is 294. The zero-order valence-electron chi connectivity index (χ0n) is 10.4. The molecule has 3 unspecified atom stereocenters. The maximum Gasteiger partial charge on any atom is 0.0935 e. The standard InChI is InChI=1S/C14H23NO/c1-11-4-3-5-13(8-11)14(15-2)9-12-6-7-16-10-12/h6-7,10-11,13-15H,3-5,8-9H2,1-2H3. The Balaban J connectivity index is 1.93. The molecule has 1 N–H and O–H groups in total. The largest absolute Gasteiger partial charge is 0.472 e. The van der Waals surface area contributed by atoms with E-state index in [-0.39, 0.29) is 0 Å². The normalized spacial score (nSPS) is 27.9. The van der Waals surface area contributed by atoms with Crippen LogP contribution in [0.15, 0.2) is 23.0 Å². The van der Waals surface area contributed by atoms with Crippen molar-refractivity contribution in [3.05, 3.63) is 24.2 Å². The predicted molar refractivity (Wildman–Crippen MR) is 66.4 cm³/mol. The van der Waals surface area contributed by atoms with Gasteiger partial charge in [0.2, 0.25) is 0 Å². The van der Waals surface area contributed by atoms with E-state index in [4.69, 9.17) is 4.42 Å². The number of rotatable bonds is 4. The van der Waals surface area contributed by atoms with Gasteiger partial charge in [-0.05, 0) is 49.8 Å². The Labute approximate surface area is 98.4 Å². The number of nitrogens with one attached hydrogen (secondary N) is 1. The fraction of sp³-hybridized carbons (Fsp3) is 0.714. The number of hydrogen-bond acceptors (Lipinski definition) is 2. The molecule has 1 aliphatic rings. The molecule has 3 atom stereocenters. The van der Waals surface area contributed by atoms with Crippen LogP contribution in [0, 0.1) is 11.8 Å². The first-order chi connectivity index (χ1) is 7.79. The maximum absolute atomic E-state index is 5.14. The molecule has 0 amide bonds. The van der Waals surface area contributed by atoms with Gasteiger partial charge in [-0.2, -0.15) is 0 Å². The number of hydrogen-bond donors (Lipinski definition) is 1. The fourth-order valence-corrected chi connectivity index (χ4v) is 3.01. The summed E-state index contributed by atoms with van der Waals surface area (Å²) < 4.78 is 5.14. The highest BCUT2D eigenvalue weighted by atomic mass is 16.3. The molecule has 1 saturated carbocycles. The van der Waals surface area contributed by atoms with Gasteiger partial charge in [-0.25, -0.2) is 0 Å². The second-order valence-corrected chi connectivity index (χ2v) is 5.26. The Morgan fingerprint density at radius 3 is 3.00 bits per heavy atom. The summed E-state index contributed by atoms with van der Waals surface area (Å²) in [5.74, 6) is 1.74. The summed E-state index contributed by atoms with van der Waals surface area (Å²) in [6.45, 7) is 2.39. The van der Waals surface area contributed by atoms with Crippen LogP contribution in [0.2, 0.25) is 0 Å². The van der Waals surface area contributed by atoms with E-state index in [2.05, 4.69) is 25.4 Å². The highest BCUT2D eigenvalue weighted by Crippen LogP contribution is 2.31. The highest BCUT2D eigenvalue weighted by Gasteiger charge is 2.25. The molecule has 1 aliphatic carbocycles. The Morgan fingerprint density at radius 1 is 1.50 bits per heavy atom. The van der Waals surface area contributed by atoms with E-state index in [0.717, 1.165) is 18.3 Å². The van der Waals surface area contributed by atoms with Gasteiger partial charge in [0, 0.05) is 6.04 Å². The molecule has 2 heteroatoms. The maximum atomic E-state index is 5.14. The van der Waals surface area contributed by atoms with Crippen molar-refractivity contribution in [1.82, 2.24) is 5.32 Å². The summed E-state index contributed by atoms with van der Waals surface area (Å²) in [5, 5.41) is 3.49. The van der Waals surface area contributed by atoms with Crippen molar-refractivity contribution in [2.24, 2.45) is 11.8 Å². The zero-order valence-corrected chi connectivity index (χ0v) is 10.4. The quantitative estimate of drug-likeness (QED) is 0.844. The van der Waals surface area contributed by atoms with Gasteiger partial charge in [-0.3, -0.25) is 0 Å². The lowest BCUT2D eigenvalue weighted by molar-refractivity contribution is 0.227. The second kappa shape index (κ2) is 5.53. The minimum Gasteiger partial charge on any atom is -0.472 e. The zero-order chi connectivity index (χ0) is 11.4. The molecule has 0 saturated heterocycles. The monoisotopic (exact) mass is 221 g/mol. The van der Waals surface area contributed by atoms with E-state index < -0.39 is 0 Å². The molecule has 16 heavy (non-hydrogen) atoms. The van der Waals surface area contributed by atoms with Crippen LogP contribution in [-0.4, -0.2) is 13.1 Å². The molecular formula is C14H23NO. The molecule has 2 rings (SSSR count). The van der Waals surface area contributed by atoms with E-state index in [1.807, 2.05) is 6.26 Å². The molecule has 1 aromatic rings. The third kappa shape index (κ3) is 2.88. The summed E-state index contributed by atoms with van der Waals surface area (Å²) in [6, 6.07) is 2.69. The lowest BCUT2D eigenvalue weighted by atomic mass is 9.77. The lowest BCUT2D eigenvalue weighted by Crippen LogP contribution is -2.37. The van der Waals surface area contributed by atoms with Gasteiger partial charge in [0.05, 0.1) is 12.5 Å². The van der Waals surface area contributed by atoms with Crippen molar-refractivity contribution in [3.63, 3.8) is 0 Å². The third-order valence-corrected chi connectivity index (χ3v) is 3.95. The van der Waals surface area contributed by atoms with Gasteiger partial charge < -0.3 is 9.73 Å². The molecule has 0 spiro atoms. The van der Waals surface area contributed by atoms with Crippen LogP contribution in [-0.2, 0) is 6.42 Å². The van der Waals surface area contributed by atoms with Crippen LogP contribution in [0.4, 0.5) is 0 Å². The molecular weight excluding hydrogens is 198 g/mol. The van der Waals surface area contributed by atoms with Crippen LogP contribution in [0.3, 0.4) is 0 Å². The van der Waals surface area contributed by atoms with Crippen LogP contribution in [0.1, 0.15) is 38.2 Å². The lowest BCUT2D eigenvalue weighted by Gasteiger charge is -2.33. The summed E-state index contributed by atoms with van der Waals surface area (Å²) in [6.07, 6.45) is 10.3. The summed E-state index contributed by atoms with van der Waals surface area (Å²) in [5.41, 5.74) is 1.32. The minimum absolute atomic E-state index is 0.611. The molecule has 1 heterocycles. The topological polar surface area (TPSA) is 25.2 Å². The smallest absolute Gasteiger partial charge is 0.0935 e. The molecule has 1 fully saturated rings. The van der Waals surface area contributed by atoms with E-state index in [1.165, 1.54) is 31.2 Å². The van der Waals surface area contributed by atoms with Gasteiger partial charge in [0.25, 0.3) is 0 Å². The van der Waals surface area contributed by atoms with Crippen LogP contribution >= 0.6 is 0 Å². The molecule has 1 aromatic heterocycles. The van der Waals surface area contributed by atoms with E-state index in [0.29, 0.717) is 6.04 Å². The fourth-order valence-electron chi connectivity index (χ4n) is 3.01. The molecule has 0 aliphatic heterocycles. The first kappa shape index (κ1) is 11.7. The molecule has 2 nitrogen and oxygen atoms in total. The van der Waals surface area contributed by atoms with Crippen molar-refractivity contribution >= 4 is 0 Å². The van der Waals surface area contributed by atoms with Gasteiger partial charge in [-0.15, -0.1) is 0 Å². The van der Waals surface area contributed by atoms with E-state index in [1.54, 1.807) is 6.26 Å². The first-order valence-electron chi connectivity index (χ1n) is 6.48. The van der Waals surface area contributed by atoms with E-state index >= 15 is 0 Å². The molecule has 0 aromatic carbocycles. The van der Waals surface area contributed by atoms with Crippen molar-refractivity contribution < 1.29 is 4.42 Å². The Hall–Kier alpha value is -0.760. The number of likely N-dealkylation sites (N-methyl/N-ethyl adjacent to an activating group) is 1. The SMILES string of the molecule is CNC(Cc1ccoc1)C1CCCC(C)C1. The average Bonchev–Trinajstić information content (AvgIpc) is 2.78. The minimum atomic E-state index is 0.611. The van der Waals surface area contributed by atoms with Gasteiger partial charge in [0.1, 0.15) is 0 Å². The average molecular weight is 221 g/mol. The van der Waals surface area contributed by atoms with Crippen LogP contribution < -0.4 is 5.32 Å². The predicted octanol–water partition coefficient (Wildman–Crippen LogP) is 3.24. The van der Waals surface area contributed by atoms with Gasteiger partial charge in [0.15, 0.2) is 0 Å². The molecule has 0 radical (unpaired) electrons. The highest BCUT2D eigenvalue weighted by molar-refractivity contribution is 5.08. The summed E-state index contributed by atoms with van der Waals surface area (Å²) in [4.78, 5) is 0. The molecule has 0 bridgehead atoms. The molecule has 90 valence electrons. The van der Waals surface area contributed by atoms with Crippen molar-refractivity contribution in [2.75, 3.05) is 7.05 Å². The van der Waals surface area contributed by atoms with Crippen molar-refractivity contribution in [1.29, 1.82) is 0 Å². The second-order valence-electron chi connectivity index (χ2n) is 5.26. The van der Waals surface area contributed by atoms with Crippen LogP contribution in [0.25, 0.3) is 0 Å². The van der Waals surface area contributed by atoms with Gasteiger partial charge >= 0.3 is 0 Å². The third-order valence-electron chi connectivity index (χ3n) is 3.95.